The third-order valence-electron chi connectivity index (χ3n) is 4.56. The van der Waals surface area contributed by atoms with Gasteiger partial charge < -0.3 is 10.1 Å². The van der Waals surface area contributed by atoms with Crippen molar-refractivity contribution in [2.75, 3.05) is 7.11 Å². The number of ether oxygens (including phenoxy) is 1. The van der Waals surface area contributed by atoms with Crippen LogP contribution in [0.4, 0.5) is 0 Å². The van der Waals surface area contributed by atoms with Gasteiger partial charge in [-0.1, -0.05) is 25.1 Å². The SMILES string of the molecule is COc1ccccc1C1CC(NC2CC(C)C2)C1. The summed E-state index contributed by atoms with van der Waals surface area (Å²) in [6.07, 6.45) is 5.28. The van der Waals surface area contributed by atoms with E-state index in [4.69, 9.17) is 4.74 Å². The van der Waals surface area contributed by atoms with Crippen LogP contribution in [0.15, 0.2) is 24.3 Å². The molecule has 2 heteroatoms. The summed E-state index contributed by atoms with van der Waals surface area (Å²) in [7, 11) is 1.77. The average Bonchev–Trinajstić information content (AvgIpc) is 2.30. The third kappa shape index (κ3) is 2.26. The molecule has 2 nitrogen and oxygen atoms in total. The van der Waals surface area contributed by atoms with E-state index in [9.17, 15) is 0 Å². The van der Waals surface area contributed by atoms with E-state index in [0.29, 0.717) is 5.92 Å². The highest BCUT2D eigenvalue weighted by molar-refractivity contribution is 5.37. The first-order chi connectivity index (χ1) is 8.76. The first-order valence-corrected chi connectivity index (χ1v) is 7.15. The molecular weight excluding hydrogens is 222 g/mol. The number of hydrogen-bond donors (Lipinski definition) is 1. The van der Waals surface area contributed by atoms with Crippen LogP contribution in [0.5, 0.6) is 5.75 Å². The second-order valence-corrected chi connectivity index (χ2v) is 6.05. The van der Waals surface area contributed by atoms with Gasteiger partial charge in [-0.15, -0.1) is 0 Å². The van der Waals surface area contributed by atoms with Crippen LogP contribution in [0.2, 0.25) is 0 Å². The van der Waals surface area contributed by atoms with E-state index in [1.807, 2.05) is 6.07 Å². The first kappa shape index (κ1) is 12.0. The zero-order chi connectivity index (χ0) is 12.5. The Morgan fingerprint density at radius 2 is 1.72 bits per heavy atom. The van der Waals surface area contributed by atoms with Gasteiger partial charge in [0.1, 0.15) is 5.75 Å². The molecule has 3 rings (SSSR count). The predicted molar refractivity (Wildman–Crippen MR) is 74.1 cm³/mol. The van der Waals surface area contributed by atoms with Crippen molar-refractivity contribution in [2.45, 2.75) is 50.6 Å². The minimum Gasteiger partial charge on any atom is -0.496 e. The van der Waals surface area contributed by atoms with Crippen LogP contribution in [-0.4, -0.2) is 19.2 Å². The van der Waals surface area contributed by atoms with E-state index >= 15 is 0 Å². The lowest BCUT2D eigenvalue weighted by atomic mass is 9.73. The van der Waals surface area contributed by atoms with Crippen LogP contribution >= 0.6 is 0 Å². The summed E-state index contributed by atoms with van der Waals surface area (Å²) in [5.41, 5.74) is 1.39. The minimum atomic E-state index is 0.691. The fraction of sp³-hybridized carbons (Fsp3) is 0.625. The van der Waals surface area contributed by atoms with Crippen molar-refractivity contribution in [3.63, 3.8) is 0 Å². The van der Waals surface area contributed by atoms with E-state index in [-0.39, 0.29) is 0 Å². The molecule has 0 spiro atoms. The maximum atomic E-state index is 5.44. The second-order valence-electron chi connectivity index (χ2n) is 6.05. The lowest BCUT2D eigenvalue weighted by Gasteiger charge is -2.43. The molecule has 2 aliphatic carbocycles. The molecular formula is C16H23NO. The van der Waals surface area contributed by atoms with Crippen molar-refractivity contribution in [1.82, 2.24) is 5.32 Å². The highest BCUT2D eigenvalue weighted by atomic mass is 16.5. The number of nitrogens with one attached hydrogen (secondary N) is 1. The Balaban J connectivity index is 1.52. The third-order valence-corrected chi connectivity index (χ3v) is 4.56. The molecule has 0 bridgehead atoms. The molecule has 0 unspecified atom stereocenters. The van der Waals surface area contributed by atoms with Crippen molar-refractivity contribution in [3.8, 4) is 5.75 Å². The van der Waals surface area contributed by atoms with E-state index in [1.165, 1.54) is 31.2 Å². The van der Waals surface area contributed by atoms with Gasteiger partial charge in [0, 0.05) is 12.1 Å². The molecule has 98 valence electrons. The molecule has 2 fully saturated rings. The summed E-state index contributed by atoms with van der Waals surface area (Å²) >= 11 is 0. The molecule has 18 heavy (non-hydrogen) atoms. The molecule has 0 aromatic heterocycles. The molecule has 0 atom stereocenters. The quantitative estimate of drug-likeness (QED) is 0.878. The zero-order valence-electron chi connectivity index (χ0n) is 11.4. The lowest BCUT2D eigenvalue weighted by Crippen LogP contribution is -2.50. The van der Waals surface area contributed by atoms with Gasteiger partial charge in [0.25, 0.3) is 0 Å². The first-order valence-electron chi connectivity index (χ1n) is 7.15. The maximum Gasteiger partial charge on any atom is 0.122 e. The molecule has 0 radical (unpaired) electrons. The van der Waals surface area contributed by atoms with Crippen molar-refractivity contribution >= 4 is 0 Å². The fourth-order valence-electron chi connectivity index (χ4n) is 3.38. The maximum absolute atomic E-state index is 5.44. The zero-order valence-corrected chi connectivity index (χ0v) is 11.4. The van der Waals surface area contributed by atoms with E-state index in [1.54, 1.807) is 7.11 Å². The van der Waals surface area contributed by atoms with Crippen molar-refractivity contribution in [3.05, 3.63) is 29.8 Å². The van der Waals surface area contributed by atoms with Crippen LogP contribution in [0.3, 0.4) is 0 Å². The van der Waals surface area contributed by atoms with Crippen LogP contribution < -0.4 is 10.1 Å². The van der Waals surface area contributed by atoms with E-state index < -0.39 is 0 Å². The summed E-state index contributed by atoms with van der Waals surface area (Å²) in [4.78, 5) is 0. The van der Waals surface area contributed by atoms with Crippen LogP contribution in [0.25, 0.3) is 0 Å². The van der Waals surface area contributed by atoms with Gasteiger partial charge in [-0.05, 0) is 49.1 Å². The van der Waals surface area contributed by atoms with E-state index in [0.717, 1.165) is 23.8 Å². The van der Waals surface area contributed by atoms with Crippen molar-refractivity contribution in [1.29, 1.82) is 0 Å². The predicted octanol–water partition coefficient (Wildman–Crippen LogP) is 3.33. The molecule has 1 aromatic carbocycles. The number of hydrogen-bond acceptors (Lipinski definition) is 2. The Morgan fingerprint density at radius 3 is 2.39 bits per heavy atom. The standard InChI is InChI=1S/C16H23NO/c1-11-7-13(8-11)17-14-9-12(10-14)15-5-3-4-6-16(15)18-2/h3-6,11-14,17H,7-10H2,1-2H3. The lowest BCUT2D eigenvalue weighted by molar-refractivity contribution is 0.176. The van der Waals surface area contributed by atoms with Gasteiger partial charge in [0.15, 0.2) is 0 Å². The Labute approximate surface area is 110 Å². The van der Waals surface area contributed by atoms with Gasteiger partial charge in [0.2, 0.25) is 0 Å². The van der Waals surface area contributed by atoms with Gasteiger partial charge >= 0.3 is 0 Å². The van der Waals surface area contributed by atoms with Crippen molar-refractivity contribution in [2.24, 2.45) is 5.92 Å². The molecule has 0 amide bonds. The molecule has 2 saturated carbocycles. The summed E-state index contributed by atoms with van der Waals surface area (Å²) < 4.78 is 5.44. The van der Waals surface area contributed by atoms with Crippen LogP contribution in [0.1, 0.15) is 44.1 Å². The minimum absolute atomic E-state index is 0.691. The molecule has 0 saturated heterocycles. The Bertz CT molecular complexity index is 405. The summed E-state index contributed by atoms with van der Waals surface area (Å²) in [5.74, 6) is 2.68. The number of benzene rings is 1. The van der Waals surface area contributed by atoms with Gasteiger partial charge in [-0.25, -0.2) is 0 Å². The summed E-state index contributed by atoms with van der Waals surface area (Å²) in [6.45, 7) is 2.34. The Hall–Kier alpha value is -1.02. The Kier molecular flexibility index (Phi) is 3.29. The second kappa shape index (κ2) is 4.93. The van der Waals surface area contributed by atoms with Gasteiger partial charge in [0.05, 0.1) is 7.11 Å². The Morgan fingerprint density at radius 1 is 1.06 bits per heavy atom. The fourth-order valence-corrected chi connectivity index (χ4v) is 3.38. The topological polar surface area (TPSA) is 21.3 Å². The van der Waals surface area contributed by atoms with Crippen LogP contribution in [0, 0.1) is 5.92 Å². The van der Waals surface area contributed by atoms with Crippen LogP contribution in [-0.2, 0) is 0 Å². The summed E-state index contributed by atoms with van der Waals surface area (Å²) in [6, 6.07) is 9.98. The van der Waals surface area contributed by atoms with Gasteiger partial charge in [-0.2, -0.15) is 0 Å². The monoisotopic (exact) mass is 245 g/mol. The molecule has 2 aliphatic rings. The summed E-state index contributed by atoms with van der Waals surface area (Å²) in [5, 5.41) is 3.78. The van der Waals surface area contributed by atoms with Gasteiger partial charge in [-0.3, -0.25) is 0 Å². The highest BCUT2D eigenvalue weighted by Gasteiger charge is 2.35. The molecule has 1 aromatic rings. The number of para-hydroxylation sites is 1. The smallest absolute Gasteiger partial charge is 0.122 e. The largest absolute Gasteiger partial charge is 0.496 e. The van der Waals surface area contributed by atoms with E-state index in [2.05, 4.69) is 30.4 Å². The highest BCUT2D eigenvalue weighted by Crippen LogP contribution is 2.42. The average molecular weight is 245 g/mol. The van der Waals surface area contributed by atoms with Crippen molar-refractivity contribution < 1.29 is 4.74 Å². The molecule has 0 aliphatic heterocycles. The molecule has 0 heterocycles. The number of methoxy groups -OCH3 is 1. The molecule has 1 N–H and O–H groups in total. The normalized spacial score (nSPS) is 34.6. The number of rotatable bonds is 4.